The number of carbonyl (C=O) groups excluding carboxylic acids is 1. The fourth-order valence-electron chi connectivity index (χ4n) is 1.73. The summed E-state index contributed by atoms with van der Waals surface area (Å²) in [6.45, 7) is 0. The van der Waals surface area contributed by atoms with E-state index in [0.717, 1.165) is 5.56 Å². The number of hydrogen-bond donors (Lipinski definition) is 1. The van der Waals surface area contributed by atoms with Crippen LogP contribution in [0.25, 0.3) is 0 Å². The first-order valence-electron chi connectivity index (χ1n) is 5.66. The fourth-order valence-corrected chi connectivity index (χ4v) is 1.99. The van der Waals surface area contributed by atoms with Crippen LogP contribution in [0.4, 0.5) is 0 Å². The highest BCUT2D eigenvalue weighted by Gasteiger charge is 2.26. The van der Waals surface area contributed by atoms with Crippen molar-refractivity contribution in [3.8, 4) is 0 Å². The smallest absolute Gasteiger partial charge is 0.193 e. The maximum absolute atomic E-state index is 12.0. The van der Waals surface area contributed by atoms with Crippen molar-refractivity contribution in [2.24, 2.45) is 0 Å². The molecule has 0 aromatic heterocycles. The highest BCUT2D eigenvalue weighted by molar-refractivity contribution is 6.23. The second-order valence-electron chi connectivity index (χ2n) is 3.99. The summed E-state index contributed by atoms with van der Waals surface area (Å²) in [4.78, 5) is 12.0. The van der Waals surface area contributed by atoms with Crippen LogP contribution in [0.15, 0.2) is 60.7 Å². The summed E-state index contributed by atoms with van der Waals surface area (Å²) in [5.74, 6) is -0.362. The van der Waals surface area contributed by atoms with Crippen molar-refractivity contribution in [2.45, 2.75) is 11.5 Å². The van der Waals surface area contributed by atoms with Gasteiger partial charge in [-0.1, -0.05) is 60.7 Å². The van der Waals surface area contributed by atoms with Crippen LogP contribution in [0.1, 0.15) is 21.3 Å². The Morgan fingerprint density at radius 3 is 2.00 bits per heavy atom. The zero-order chi connectivity index (χ0) is 13.0. The average Bonchev–Trinajstić information content (AvgIpc) is 2.47. The van der Waals surface area contributed by atoms with Crippen molar-refractivity contribution < 1.29 is 9.90 Å². The van der Waals surface area contributed by atoms with E-state index in [9.17, 15) is 9.90 Å². The molecule has 0 aliphatic heterocycles. The SMILES string of the molecule is O=C(c1ccccc1)[C@H](O)[C@H](Cl)c1ccccc1. The maximum Gasteiger partial charge on any atom is 0.193 e. The van der Waals surface area contributed by atoms with Crippen LogP contribution in [-0.2, 0) is 0 Å². The van der Waals surface area contributed by atoms with E-state index in [0.29, 0.717) is 5.56 Å². The van der Waals surface area contributed by atoms with Gasteiger partial charge in [0.25, 0.3) is 0 Å². The monoisotopic (exact) mass is 260 g/mol. The molecule has 0 spiro atoms. The molecule has 0 amide bonds. The first-order valence-corrected chi connectivity index (χ1v) is 6.10. The molecule has 2 atom stereocenters. The Bertz CT molecular complexity index is 511. The van der Waals surface area contributed by atoms with Crippen molar-refractivity contribution in [1.29, 1.82) is 0 Å². The molecule has 0 heterocycles. The molecule has 0 unspecified atom stereocenters. The zero-order valence-electron chi connectivity index (χ0n) is 9.66. The Labute approximate surface area is 111 Å². The molecule has 0 bridgehead atoms. The molecule has 92 valence electrons. The van der Waals surface area contributed by atoms with Crippen molar-refractivity contribution in [1.82, 2.24) is 0 Å². The lowest BCUT2D eigenvalue weighted by atomic mass is 10.00. The Kier molecular flexibility index (Phi) is 4.13. The lowest BCUT2D eigenvalue weighted by Gasteiger charge is -2.16. The number of benzene rings is 2. The molecule has 3 heteroatoms. The van der Waals surface area contributed by atoms with E-state index in [4.69, 9.17) is 11.6 Å². The number of alkyl halides is 1. The number of carbonyl (C=O) groups is 1. The van der Waals surface area contributed by atoms with Gasteiger partial charge in [-0.2, -0.15) is 0 Å². The predicted molar refractivity (Wildman–Crippen MR) is 71.8 cm³/mol. The number of aliphatic hydroxyl groups excluding tert-OH is 1. The molecule has 0 radical (unpaired) electrons. The van der Waals surface area contributed by atoms with Crippen LogP contribution < -0.4 is 0 Å². The van der Waals surface area contributed by atoms with E-state index in [1.54, 1.807) is 36.4 Å². The van der Waals surface area contributed by atoms with Gasteiger partial charge in [-0.3, -0.25) is 4.79 Å². The molecule has 2 aromatic rings. The summed E-state index contributed by atoms with van der Waals surface area (Å²) >= 11 is 6.13. The molecule has 18 heavy (non-hydrogen) atoms. The van der Waals surface area contributed by atoms with E-state index in [1.165, 1.54) is 0 Å². The van der Waals surface area contributed by atoms with Crippen LogP contribution in [0, 0.1) is 0 Å². The van der Waals surface area contributed by atoms with Gasteiger partial charge < -0.3 is 5.11 Å². The Morgan fingerprint density at radius 1 is 0.944 bits per heavy atom. The van der Waals surface area contributed by atoms with Crippen LogP contribution in [-0.4, -0.2) is 17.0 Å². The van der Waals surface area contributed by atoms with Crippen LogP contribution in [0.5, 0.6) is 0 Å². The van der Waals surface area contributed by atoms with Gasteiger partial charge in [-0.15, -0.1) is 11.6 Å². The molecule has 0 saturated carbocycles. The average molecular weight is 261 g/mol. The van der Waals surface area contributed by atoms with Gasteiger partial charge in [0, 0.05) is 5.56 Å². The molecule has 0 aliphatic rings. The molecule has 2 nitrogen and oxygen atoms in total. The minimum absolute atomic E-state index is 0.362. The quantitative estimate of drug-likeness (QED) is 0.677. The van der Waals surface area contributed by atoms with E-state index < -0.39 is 11.5 Å². The lowest BCUT2D eigenvalue weighted by Crippen LogP contribution is -2.25. The Morgan fingerprint density at radius 2 is 1.44 bits per heavy atom. The van der Waals surface area contributed by atoms with Crippen LogP contribution in [0.2, 0.25) is 0 Å². The van der Waals surface area contributed by atoms with Crippen molar-refractivity contribution in [3.63, 3.8) is 0 Å². The number of aliphatic hydroxyl groups is 1. The van der Waals surface area contributed by atoms with Crippen LogP contribution >= 0.6 is 11.6 Å². The molecule has 2 rings (SSSR count). The van der Waals surface area contributed by atoms with Gasteiger partial charge in [0.05, 0.1) is 5.38 Å². The van der Waals surface area contributed by atoms with Gasteiger partial charge in [0.1, 0.15) is 6.10 Å². The highest BCUT2D eigenvalue weighted by Crippen LogP contribution is 2.26. The summed E-state index contributed by atoms with van der Waals surface area (Å²) in [6.07, 6.45) is -1.24. The molecule has 2 aromatic carbocycles. The summed E-state index contributed by atoms with van der Waals surface area (Å²) in [6, 6.07) is 17.8. The highest BCUT2D eigenvalue weighted by atomic mass is 35.5. The molecule has 0 aliphatic carbocycles. The third kappa shape index (κ3) is 2.78. The third-order valence-electron chi connectivity index (χ3n) is 2.72. The van der Waals surface area contributed by atoms with Gasteiger partial charge in [0.2, 0.25) is 0 Å². The summed E-state index contributed by atoms with van der Waals surface area (Å²) in [5, 5.41) is 9.27. The standard InChI is InChI=1S/C15H13ClO2/c16-13(11-7-3-1-4-8-11)15(18)14(17)12-9-5-2-6-10-12/h1-10,13,15,18H/t13-,15-/m1/s1. The Hall–Kier alpha value is -1.64. The minimum atomic E-state index is -1.24. The second-order valence-corrected chi connectivity index (χ2v) is 4.46. The normalized spacial score (nSPS) is 13.9. The van der Waals surface area contributed by atoms with E-state index in [-0.39, 0.29) is 5.78 Å². The van der Waals surface area contributed by atoms with E-state index in [2.05, 4.69) is 0 Å². The third-order valence-corrected chi connectivity index (χ3v) is 3.21. The van der Waals surface area contributed by atoms with Crippen molar-refractivity contribution in [3.05, 3.63) is 71.8 Å². The molecular weight excluding hydrogens is 248 g/mol. The predicted octanol–water partition coefficient (Wildman–Crippen LogP) is 3.21. The fraction of sp³-hybridized carbons (Fsp3) is 0.133. The lowest BCUT2D eigenvalue weighted by molar-refractivity contribution is 0.0738. The van der Waals surface area contributed by atoms with E-state index in [1.807, 2.05) is 24.3 Å². The van der Waals surface area contributed by atoms with Gasteiger partial charge in [-0.25, -0.2) is 0 Å². The minimum Gasteiger partial charge on any atom is -0.383 e. The number of ketones is 1. The summed E-state index contributed by atoms with van der Waals surface area (Å²) in [5.41, 5.74) is 1.20. The van der Waals surface area contributed by atoms with Gasteiger partial charge >= 0.3 is 0 Å². The molecule has 0 fully saturated rings. The number of rotatable bonds is 4. The maximum atomic E-state index is 12.0. The summed E-state index contributed by atoms with van der Waals surface area (Å²) < 4.78 is 0. The first kappa shape index (κ1) is 12.8. The molecule has 1 N–H and O–H groups in total. The van der Waals surface area contributed by atoms with Crippen molar-refractivity contribution in [2.75, 3.05) is 0 Å². The Balaban J connectivity index is 2.17. The molecular formula is C15H13ClO2. The number of halogens is 1. The topological polar surface area (TPSA) is 37.3 Å². The van der Waals surface area contributed by atoms with Gasteiger partial charge in [0.15, 0.2) is 5.78 Å². The largest absolute Gasteiger partial charge is 0.383 e. The zero-order valence-corrected chi connectivity index (χ0v) is 10.4. The van der Waals surface area contributed by atoms with E-state index >= 15 is 0 Å². The number of Topliss-reactive ketones (excluding diaryl/α,β-unsaturated/α-hetero) is 1. The molecule has 0 saturated heterocycles. The first-order chi connectivity index (χ1) is 8.70. The van der Waals surface area contributed by atoms with Crippen LogP contribution in [0.3, 0.4) is 0 Å². The second kappa shape index (κ2) is 5.80. The van der Waals surface area contributed by atoms with Gasteiger partial charge in [-0.05, 0) is 5.56 Å². The number of hydrogen-bond acceptors (Lipinski definition) is 2. The van der Waals surface area contributed by atoms with Crippen molar-refractivity contribution >= 4 is 17.4 Å². The summed E-state index contributed by atoms with van der Waals surface area (Å²) in [7, 11) is 0.